The highest BCUT2D eigenvalue weighted by Gasteiger charge is 2.31. The van der Waals surface area contributed by atoms with Crippen LogP contribution in [0.15, 0.2) is 12.3 Å². The van der Waals surface area contributed by atoms with Crippen LogP contribution in [0.4, 0.5) is 13.2 Å². The average Bonchev–Trinajstić information content (AvgIpc) is 2.01. The number of aryl methyl sites for hydroxylation is 1. The highest BCUT2D eigenvalue weighted by Crippen LogP contribution is 2.25. The fourth-order valence-corrected chi connectivity index (χ4v) is 0.940. The first-order valence-electron chi connectivity index (χ1n) is 3.69. The normalized spacial score (nSPS) is 11.2. The minimum absolute atomic E-state index is 0.277. The molecule has 0 aliphatic carbocycles. The van der Waals surface area contributed by atoms with Gasteiger partial charge in [0.2, 0.25) is 5.88 Å². The van der Waals surface area contributed by atoms with Gasteiger partial charge in [-0.1, -0.05) is 0 Å². The van der Waals surface area contributed by atoms with Crippen molar-refractivity contribution in [2.24, 2.45) is 0 Å². The van der Waals surface area contributed by atoms with Crippen LogP contribution in [0.3, 0.4) is 0 Å². The van der Waals surface area contributed by atoms with Crippen LogP contribution in [0.2, 0.25) is 0 Å². The fourth-order valence-electron chi connectivity index (χ4n) is 0.940. The number of hydrogen-bond donors (Lipinski definition) is 0. The van der Waals surface area contributed by atoms with E-state index in [0.717, 1.165) is 6.20 Å². The van der Waals surface area contributed by atoms with Crippen molar-refractivity contribution in [2.45, 2.75) is 13.3 Å². The van der Waals surface area contributed by atoms with Gasteiger partial charge in [0.15, 0.2) is 0 Å². The lowest BCUT2D eigenvalue weighted by molar-refractivity contribution is -0.274. The van der Waals surface area contributed by atoms with Gasteiger partial charge in [0.05, 0.1) is 13.3 Å². The van der Waals surface area contributed by atoms with Gasteiger partial charge in [0.1, 0.15) is 5.75 Å². The van der Waals surface area contributed by atoms with E-state index < -0.39 is 6.36 Å². The van der Waals surface area contributed by atoms with Gasteiger partial charge in [0.25, 0.3) is 0 Å². The van der Waals surface area contributed by atoms with E-state index in [-0.39, 0.29) is 11.6 Å². The second-order valence-electron chi connectivity index (χ2n) is 2.54. The molecule has 1 heterocycles. The van der Waals surface area contributed by atoms with Crippen molar-refractivity contribution in [1.82, 2.24) is 4.98 Å². The van der Waals surface area contributed by atoms with Gasteiger partial charge < -0.3 is 9.47 Å². The highest BCUT2D eigenvalue weighted by molar-refractivity contribution is 5.32. The van der Waals surface area contributed by atoms with Crippen LogP contribution in [0.25, 0.3) is 0 Å². The van der Waals surface area contributed by atoms with Crippen molar-refractivity contribution in [3.8, 4) is 11.6 Å². The molecule has 0 radical (unpaired) electrons. The summed E-state index contributed by atoms with van der Waals surface area (Å²) in [4.78, 5) is 3.63. The molecule has 0 N–H and O–H groups in total. The zero-order valence-corrected chi connectivity index (χ0v) is 7.55. The number of pyridine rings is 1. The summed E-state index contributed by atoms with van der Waals surface area (Å²) in [7, 11) is 1.39. The molecular weight excluding hydrogens is 199 g/mol. The van der Waals surface area contributed by atoms with Gasteiger partial charge in [-0.25, -0.2) is 4.98 Å². The Morgan fingerprint density at radius 1 is 1.36 bits per heavy atom. The van der Waals surface area contributed by atoms with Gasteiger partial charge in [-0.15, -0.1) is 13.2 Å². The van der Waals surface area contributed by atoms with Crippen molar-refractivity contribution < 1.29 is 22.6 Å². The lowest BCUT2D eigenvalue weighted by Crippen LogP contribution is -2.17. The summed E-state index contributed by atoms with van der Waals surface area (Å²) in [5.41, 5.74) is 0.481. The summed E-state index contributed by atoms with van der Waals surface area (Å²) in [5, 5.41) is 0. The molecule has 0 aliphatic rings. The van der Waals surface area contributed by atoms with E-state index >= 15 is 0 Å². The van der Waals surface area contributed by atoms with Crippen molar-refractivity contribution in [1.29, 1.82) is 0 Å². The Morgan fingerprint density at radius 2 is 2.00 bits per heavy atom. The van der Waals surface area contributed by atoms with Crippen LogP contribution in [-0.2, 0) is 0 Å². The van der Waals surface area contributed by atoms with Crippen LogP contribution in [0.1, 0.15) is 5.56 Å². The Bertz CT molecular complexity index is 325. The summed E-state index contributed by atoms with van der Waals surface area (Å²) in [6.45, 7) is 1.58. The van der Waals surface area contributed by atoms with Gasteiger partial charge in [-0.2, -0.15) is 0 Å². The molecule has 0 aromatic carbocycles. The van der Waals surface area contributed by atoms with Crippen LogP contribution in [-0.4, -0.2) is 18.5 Å². The molecule has 0 saturated carbocycles. The van der Waals surface area contributed by atoms with Gasteiger partial charge in [-0.05, 0) is 13.0 Å². The first-order valence-corrected chi connectivity index (χ1v) is 3.69. The molecule has 0 saturated heterocycles. The lowest BCUT2D eigenvalue weighted by atomic mass is 10.3. The Labute approximate surface area is 78.5 Å². The van der Waals surface area contributed by atoms with Crippen molar-refractivity contribution in [2.75, 3.05) is 7.11 Å². The summed E-state index contributed by atoms with van der Waals surface area (Å²) in [6, 6.07) is 1.21. The van der Waals surface area contributed by atoms with E-state index in [1.807, 2.05) is 0 Å². The number of ether oxygens (including phenoxy) is 2. The first-order chi connectivity index (χ1) is 6.42. The monoisotopic (exact) mass is 207 g/mol. The first kappa shape index (κ1) is 10.6. The maximum absolute atomic E-state index is 11.8. The van der Waals surface area contributed by atoms with E-state index in [1.165, 1.54) is 13.2 Å². The fraction of sp³-hybridized carbons (Fsp3) is 0.375. The summed E-state index contributed by atoms with van der Waals surface area (Å²) < 4.78 is 43.8. The Hall–Kier alpha value is -1.46. The largest absolute Gasteiger partial charge is 0.573 e. The number of rotatable bonds is 2. The number of alkyl halides is 3. The molecule has 78 valence electrons. The number of methoxy groups -OCH3 is 1. The van der Waals surface area contributed by atoms with E-state index in [2.05, 4.69) is 9.72 Å². The number of hydrogen-bond acceptors (Lipinski definition) is 3. The van der Waals surface area contributed by atoms with Gasteiger partial charge in [0, 0.05) is 5.56 Å². The summed E-state index contributed by atoms with van der Waals surface area (Å²) in [6.07, 6.45) is -3.73. The molecule has 1 aromatic rings. The minimum atomic E-state index is -4.69. The molecule has 3 nitrogen and oxygen atoms in total. The SMILES string of the molecule is COc1ncc(OC(F)(F)F)cc1C. The second-order valence-corrected chi connectivity index (χ2v) is 2.54. The van der Waals surface area contributed by atoms with E-state index in [4.69, 9.17) is 4.74 Å². The van der Waals surface area contributed by atoms with Crippen LogP contribution in [0.5, 0.6) is 11.6 Å². The molecule has 0 amide bonds. The highest BCUT2D eigenvalue weighted by atomic mass is 19.4. The van der Waals surface area contributed by atoms with Gasteiger partial charge in [-0.3, -0.25) is 0 Å². The standard InChI is InChI=1S/C8H8F3NO2/c1-5-3-6(14-8(9,10)11)4-12-7(5)13-2/h3-4H,1-2H3. The number of halogens is 3. The molecule has 14 heavy (non-hydrogen) atoms. The zero-order chi connectivity index (χ0) is 10.8. The molecule has 6 heteroatoms. The maximum Gasteiger partial charge on any atom is 0.573 e. The topological polar surface area (TPSA) is 31.4 Å². The van der Waals surface area contributed by atoms with Crippen LogP contribution in [0, 0.1) is 6.92 Å². The van der Waals surface area contributed by atoms with E-state index in [1.54, 1.807) is 6.92 Å². The average molecular weight is 207 g/mol. The molecule has 0 spiro atoms. The second kappa shape index (κ2) is 3.73. The molecular formula is C8H8F3NO2. The number of aromatic nitrogens is 1. The molecule has 0 fully saturated rings. The third-order valence-electron chi connectivity index (χ3n) is 1.43. The molecule has 1 aromatic heterocycles. The van der Waals surface area contributed by atoms with E-state index in [9.17, 15) is 13.2 Å². The maximum atomic E-state index is 11.8. The zero-order valence-electron chi connectivity index (χ0n) is 7.55. The third kappa shape index (κ3) is 2.79. The molecule has 0 bridgehead atoms. The molecule has 0 unspecified atom stereocenters. The van der Waals surface area contributed by atoms with Crippen LogP contribution >= 0.6 is 0 Å². The Kier molecular flexibility index (Phi) is 2.83. The van der Waals surface area contributed by atoms with E-state index in [0.29, 0.717) is 5.56 Å². The summed E-state index contributed by atoms with van der Waals surface area (Å²) >= 11 is 0. The quantitative estimate of drug-likeness (QED) is 0.745. The predicted octanol–water partition coefficient (Wildman–Crippen LogP) is 2.30. The van der Waals surface area contributed by atoms with Crippen molar-refractivity contribution >= 4 is 0 Å². The Balaban J connectivity index is 2.87. The predicted molar refractivity (Wildman–Crippen MR) is 42.2 cm³/mol. The molecule has 0 atom stereocenters. The van der Waals surface area contributed by atoms with Crippen molar-refractivity contribution in [3.05, 3.63) is 17.8 Å². The molecule has 0 aliphatic heterocycles. The Morgan fingerprint density at radius 3 is 2.43 bits per heavy atom. The minimum Gasteiger partial charge on any atom is -0.481 e. The number of nitrogens with zero attached hydrogens (tertiary/aromatic N) is 1. The third-order valence-corrected chi connectivity index (χ3v) is 1.43. The lowest BCUT2D eigenvalue weighted by Gasteiger charge is -2.09. The van der Waals surface area contributed by atoms with Gasteiger partial charge >= 0.3 is 6.36 Å². The summed E-state index contributed by atoms with van der Waals surface area (Å²) in [5.74, 6) is -0.0738. The van der Waals surface area contributed by atoms with Crippen molar-refractivity contribution in [3.63, 3.8) is 0 Å². The smallest absolute Gasteiger partial charge is 0.481 e. The van der Waals surface area contributed by atoms with Crippen LogP contribution < -0.4 is 9.47 Å². The molecule has 1 rings (SSSR count).